The van der Waals surface area contributed by atoms with Crippen molar-refractivity contribution in [2.45, 2.75) is 48.0 Å². The Morgan fingerprint density at radius 3 is 1.83 bits per heavy atom. The van der Waals surface area contributed by atoms with Crippen molar-refractivity contribution in [3.8, 4) is 0 Å². The smallest absolute Gasteiger partial charge is 0.0256 e. The number of allylic oxidation sites excluding steroid dienone is 4. The van der Waals surface area contributed by atoms with Crippen LogP contribution in [0.1, 0.15) is 48.0 Å². The van der Waals surface area contributed by atoms with E-state index in [1.165, 1.54) is 23.1 Å². The van der Waals surface area contributed by atoms with Crippen LogP contribution in [-0.4, -0.2) is 0 Å². The molecule has 0 spiro atoms. The molecule has 0 saturated carbocycles. The molecule has 0 heterocycles. The Bertz CT molecular complexity index is 184. The molecule has 0 aromatic rings. The first-order valence-corrected chi connectivity index (χ1v) is 4.74. The lowest BCUT2D eigenvalue weighted by Gasteiger charge is -2.08. The normalized spacial score (nSPS) is 9.92. The van der Waals surface area contributed by atoms with Gasteiger partial charge in [0.25, 0.3) is 0 Å². The molecule has 0 aliphatic rings. The number of hydrogen-bond acceptors (Lipinski definition) is 0. The van der Waals surface area contributed by atoms with E-state index in [-0.39, 0.29) is 0 Å². The first-order chi connectivity index (χ1) is 5.43. The molecule has 0 fully saturated rings. The first kappa shape index (κ1) is 11.5. The van der Waals surface area contributed by atoms with Crippen LogP contribution in [0.2, 0.25) is 0 Å². The molecule has 0 saturated heterocycles. The van der Waals surface area contributed by atoms with Gasteiger partial charge >= 0.3 is 0 Å². The van der Waals surface area contributed by atoms with E-state index < -0.39 is 0 Å². The lowest BCUT2D eigenvalue weighted by molar-refractivity contribution is 0.646. The van der Waals surface area contributed by atoms with Gasteiger partial charge in [-0.05, 0) is 45.6 Å². The van der Waals surface area contributed by atoms with Gasteiger partial charge in [0.2, 0.25) is 0 Å². The molecule has 0 rings (SSSR count). The standard InChI is InChI=1S/C12H22/c1-9(2)7-12(11(5)6)8-10(3)4/h7,10H,8H2,1-6H3. The SMILES string of the molecule is CC(C)=CC(CC(C)C)=C(C)C. The van der Waals surface area contributed by atoms with Crippen LogP contribution < -0.4 is 0 Å². The zero-order valence-electron chi connectivity index (χ0n) is 9.36. The van der Waals surface area contributed by atoms with Gasteiger partial charge in [0, 0.05) is 0 Å². The van der Waals surface area contributed by atoms with Crippen LogP contribution in [0, 0.1) is 5.92 Å². The highest BCUT2D eigenvalue weighted by Gasteiger charge is 1.99. The van der Waals surface area contributed by atoms with E-state index in [0.29, 0.717) is 0 Å². The molecular formula is C12H22. The third-order valence-electron chi connectivity index (χ3n) is 1.73. The highest BCUT2D eigenvalue weighted by molar-refractivity contribution is 5.26. The third-order valence-corrected chi connectivity index (χ3v) is 1.73. The minimum atomic E-state index is 0.755. The molecule has 0 aromatic heterocycles. The van der Waals surface area contributed by atoms with Gasteiger partial charge in [0.05, 0.1) is 0 Å². The van der Waals surface area contributed by atoms with Gasteiger partial charge in [-0.15, -0.1) is 0 Å². The number of rotatable bonds is 3. The summed E-state index contributed by atoms with van der Waals surface area (Å²) in [7, 11) is 0. The van der Waals surface area contributed by atoms with Gasteiger partial charge in [-0.1, -0.05) is 31.1 Å². The van der Waals surface area contributed by atoms with Crippen LogP contribution in [0.15, 0.2) is 22.8 Å². The molecule has 0 bridgehead atoms. The molecule has 70 valence electrons. The van der Waals surface area contributed by atoms with E-state index in [2.05, 4.69) is 47.6 Å². The summed E-state index contributed by atoms with van der Waals surface area (Å²) in [4.78, 5) is 0. The van der Waals surface area contributed by atoms with Crippen molar-refractivity contribution in [1.29, 1.82) is 0 Å². The third kappa shape index (κ3) is 5.17. The molecule has 0 unspecified atom stereocenters. The Balaban J connectivity index is 4.49. The van der Waals surface area contributed by atoms with Crippen molar-refractivity contribution in [3.63, 3.8) is 0 Å². The maximum absolute atomic E-state index is 2.30. The van der Waals surface area contributed by atoms with E-state index in [9.17, 15) is 0 Å². The fraction of sp³-hybridized carbons (Fsp3) is 0.667. The Hall–Kier alpha value is -0.520. The zero-order valence-corrected chi connectivity index (χ0v) is 9.36. The van der Waals surface area contributed by atoms with Gasteiger partial charge in [-0.25, -0.2) is 0 Å². The van der Waals surface area contributed by atoms with Gasteiger partial charge in [-0.3, -0.25) is 0 Å². The molecule has 0 aliphatic carbocycles. The average Bonchev–Trinajstić information content (AvgIpc) is 1.83. The highest BCUT2D eigenvalue weighted by atomic mass is 14.1. The lowest BCUT2D eigenvalue weighted by Crippen LogP contribution is -1.91. The van der Waals surface area contributed by atoms with E-state index >= 15 is 0 Å². The molecule has 0 aliphatic heterocycles. The minimum absolute atomic E-state index is 0.755. The van der Waals surface area contributed by atoms with E-state index in [0.717, 1.165) is 5.92 Å². The molecule has 0 radical (unpaired) electrons. The topological polar surface area (TPSA) is 0 Å². The van der Waals surface area contributed by atoms with Crippen LogP contribution in [0.25, 0.3) is 0 Å². The summed E-state index contributed by atoms with van der Waals surface area (Å²) in [5.41, 5.74) is 4.35. The monoisotopic (exact) mass is 166 g/mol. The second kappa shape index (κ2) is 5.18. The van der Waals surface area contributed by atoms with Crippen LogP contribution in [0.3, 0.4) is 0 Å². The Kier molecular flexibility index (Phi) is 4.96. The van der Waals surface area contributed by atoms with Crippen molar-refractivity contribution in [2.24, 2.45) is 5.92 Å². The molecule has 12 heavy (non-hydrogen) atoms. The Morgan fingerprint density at radius 1 is 1.08 bits per heavy atom. The van der Waals surface area contributed by atoms with Crippen molar-refractivity contribution < 1.29 is 0 Å². The maximum Gasteiger partial charge on any atom is -0.0256 e. The Labute approximate surface area is 77.4 Å². The quantitative estimate of drug-likeness (QED) is 0.547. The predicted octanol–water partition coefficient (Wildman–Crippen LogP) is 4.34. The minimum Gasteiger partial charge on any atom is -0.0762 e. The molecule has 0 N–H and O–H groups in total. The van der Waals surface area contributed by atoms with Gasteiger partial charge in [0.1, 0.15) is 0 Å². The summed E-state index contributed by atoms with van der Waals surface area (Å²) in [6.07, 6.45) is 3.50. The fourth-order valence-electron chi connectivity index (χ4n) is 1.20. The zero-order chi connectivity index (χ0) is 9.72. The largest absolute Gasteiger partial charge is 0.0762 e. The molecule has 0 atom stereocenters. The van der Waals surface area contributed by atoms with Crippen molar-refractivity contribution in [1.82, 2.24) is 0 Å². The van der Waals surface area contributed by atoms with E-state index in [1.54, 1.807) is 0 Å². The van der Waals surface area contributed by atoms with Gasteiger partial charge in [0.15, 0.2) is 0 Å². The van der Waals surface area contributed by atoms with Crippen molar-refractivity contribution in [3.05, 3.63) is 22.8 Å². The lowest BCUT2D eigenvalue weighted by atomic mass is 9.98. The van der Waals surface area contributed by atoms with Crippen molar-refractivity contribution in [2.75, 3.05) is 0 Å². The van der Waals surface area contributed by atoms with Crippen LogP contribution in [-0.2, 0) is 0 Å². The van der Waals surface area contributed by atoms with Crippen LogP contribution in [0.4, 0.5) is 0 Å². The summed E-state index contributed by atoms with van der Waals surface area (Å²) >= 11 is 0. The second-order valence-corrected chi connectivity index (χ2v) is 4.34. The summed E-state index contributed by atoms with van der Waals surface area (Å²) < 4.78 is 0. The first-order valence-electron chi connectivity index (χ1n) is 4.74. The molecule has 0 nitrogen and oxygen atoms in total. The van der Waals surface area contributed by atoms with Crippen LogP contribution >= 0.6 is 0 Å². The molecule has 0 heteroatoms. The summed E-state index contributed by atoms with van der Waals surface area (Å²) in [6, 6.07) is 0. The molecule has 0 aromatic carbocycles. The van der Waals surface area contributed by atoms with Crippen molar-refractivity contribution >= 4 is 0 Å². The van der Waals surface area contributed by atoms with Crippen LogP contribution in [0.5, 0.6) is 0 Å². The predicted molar refractivity (Wildman–Crippen MR) is 57.3 cm³/mol. The Morgan fingerprint density at radius 2 is 1.58 bits per heavy atom. The summed E-state index contributed by atoms with van der Waals surface area (Å²) in [5, 5.41) is 0. The second-order valence-electron chi connectivity index (χ2n) is 4.34. The number of hydrogen-bond donors (Lipinski definition) is 0. The van der Waals surface area contributed by atoms with Gasteiger partial charge < -0.3 is 0 Å². The van der Waals surface area contributed by atoms with Gasteiger partial charge in [-0.2, -0.15) is 0 Å². The average molecular weight is 166 g/mol. The summed E-state index contributed by atoms with van der Waals surface area (Å²) in [6.45, 7) is 13.2. The van der Waals surface area contributed by atoms with E-state index in [1.807, 2.05) is 0 Å². The highest BCUT2D eigenvalue weighted by Crippen LogP contribution is 2.17. The van der Waals surface area contributed by atoms with E-state index in [4.69, 9.17) is 0 Å². The molecule has 0 amide bonds. The maximum atomic E-state index is 2.30. The molecular weight excluding hydrogens is 144 g/mol. The summed E-state index contributed by atoms with van der Waals surface area (Å²) in [5.74, 6) is 0.755. The fourth-order valence-corrected chi connectivity index (χ4v) is 1.20.